The number of carboxylic acids is 1. The van der Waals surface area contributed by atoms with Gasteiger partial charge in [-0.1, -0.05) is 12.1 Å². The maximum atomic E-state index is 11.9. The number of anilines is 2. The van der Waals surface area contributed by atoms with Gasteiger partial charge in [0.2, 0.25) is 0 Å². The number of nitrogens with one attached hydrogen (secondary N) is 1. The summed E-state index contributed by atoms with van der Waals surface area (Å²) in [6.45, 7) is 7.27. The molecule has 0 radical (unpaired) electrons. The third kappa shape index (κ3) is 6.32. The number of ether oxygens (including phenoxy) is 1. The zero-order valence-electron chi connectivity index (χ0n) is 22.5. The van der Waals surface area contributed by atoms with Gasteiger partial charge in [0.25, 0.3) is 0 Å². The number of carbonyl (C=O) groups is 1. The fourth-order valence-electron chi connectivity index (χ4n) is 6.54. The fourth-order valence-corrected chi connectivity index (χ4v) is 6.54. The summed E-state index contributed by atoms with van der Waals surface area (Å²) in [5, 5.41) is 13.3. The largest absolute Gasteiger partial charge is 0.481 e. The number of hydrogen-bond acceptors (Lipinski definition) is 6. The summed E-state index contributed by atoms with van der Waals surface area (Å²) in [6, 6.07) is 11.4. The van der Waals surface area contributed by atoms with Crippen molar-refractivity contribution in [2.75, 3.05) is 62.7 Å². The van der Waals surface area contributed by atoms with E-state index in [0.717, 1.165) is 77.6 Å². The van der Waals surface area contributed by atoms with E-state index in [1.807, 2.05) is 0 Å². The first kappa shape index (κ1) is 25.6. The van der Waals surface area contributed by atoms with E-state index in [1.165, 1.54) is 53.8 Å². The average molecular weight is 519 g/mol. The van der Waals surface area contributed by atoms with Crippen LogP contribution >= 0.6 is 0 Å². The second-order valence-corrected chi connectivity index (χ2v) is 11.8. The van der Waals surface area contributed by atoms with Crippen LogP contribution in [0.3, 0.4) is 0 Å². The van der Waals surface area contributed by atoms with Crippen LogP contribution in [0.1, 0.15) is 72.7 Å². The van der Waals surface area contributed by atoms with Crippen LogP contribution in [0.25, 0.3) is 0 Å². The van der Waals surface area contributed by atoms with Crippen LogP contribution in [-0.4, -0.2) is 73.4 Å². The SMILES string of the molecule is O=C(O)CC(CN1CC[C@@H](CCc2ccc3c(n2)NCCC3)C1)c1cc(C2CC2)cc(N2CCOCC2)c1. The predicted molar refractivity (Wildman–Crippen MR) is 150 cm³/mol. The molecule has 204 valence electrons. The number of benzene rings is 1. The molecule has 7 heteroatoms. The Bertz CT molecular complexity index is 1130. The standard InChI is InChI=1S/C31H42N4O3/c36-30(37)19-27(26-16-25(23-4-5-23)17-29(18-26)35-12-14-38-15-13-35)21-34-11-9-22(20-34)3-7-28-8-6-24-2-1-10-32-31(24)33-28/h6,8,16-18,22-23,27H,1-5,7,9-15,19-21H2,(H,32,33)(H,36,37)/t22-,27?/m1/s1. The van der Waals surface area contributed by atoms with E-state index >= 15 is 0 Å². The third-order valence-electron chi connectivity index (χ3n) is 8.89. The maximum absolute atomic E-state index is 11.9. The molecular weight excluding hydrogens is 476 g/mol. The van der Waals surface area contributed by atoms with Crippen LogP contribution in [0.2, 0.25) is 0 Å². The highest BCUT2D eigenvalue weighted by molar-refractivity contribution is 5.68. The molecule has 4 heterocycles. The Kier molecular flexibility index (Phi) is 7.84. The molecule has 38 heavy (non-hydrogen) atoms. The van der Waals surface area contributed by atoms with Gasteiger partial charge >= 0.3 is 5.97 Å². The van der Waals surface area contributed by atoms with Crippen molar-refractivity contribution in [2.45, 2.75) is 63.2 Å². The Labute approximate surface area is 226 Å². The number of aromatic nitrogens is 1. The quantitative estimate of drug-likeness (QED) is 0.473. The second-order valence-electron chi connectivity index (χ2n) is 11.8. The van der Waals surface area contributed by atoms with Gasteiger partial charge in [-0.05, 0) is 98.2 Å². The lowest BCUT2D eigenvalue weighted by atomic mass is 9.91. The minimum atomic E-state index is -0.706. The van der Waals surface area contributed by atoms with Crippen molar-refractivity contribution in [3.8, 4) is 0 Å². The number of hydrogen-bond donors (Lipinski definition) is 2. The first-order valence-electron chi connectivity index (χ1n) is 14.7. The maximum Gasteiger partial charge on any atom is 0.304 e. The summed E-state index contributed by atoms with van der Waals surface area (Å²) in [5.74, 6) is 1.68. The van der Waals surface area contributed by atoms with Gasteiger partial charge in [0.05, 0.1) is 19.6 Å². The van der Waals surface area contributed by atoms with E-state index in [9.17, 15) is 9.90 Å². The smallest absolute Gasteiger partial charge is 0.304 e. The molecule has 2 saturated heterocycles. The molecule has 2 N–H and O–H groups in total. The number of aliphatic carboxylic acids is 1. The highest BCUT2D eigenvalue weighted by Gasteiger charge is 2.30. The van der Waals surface area contributed by atoms with E-state index in [2.05, 4.69) is 45.4 Å². The number of likely N-dealkylation sites (tertiary alicyclic amines) is 1. The molecular formula is C31H42N4O3. The predicted octanol–water partition coefficient (Wildman–Crippen LogP) is 4.67. The number of rotatable bonds is 10. The molecule has 6 rings (SSSR count). The van der Waals surface area contributed by atoms with E-state index in [-0.39, 0.29) is 12.3 Å². The number of aryl methyl sites for hydroxylation is 2. The fraction of sp³-hybridized carbons (Fsp3) is 0.613. The number of morpholine rings is 1. The number of carboxylic acid groups (broad SMARTS) is 1. The van der Waals surface area contributed by atoms with Crippen LogP contribution in [0.5, 0.6) is 0 Å². The minimum Gasteiger partial charge on any atom is -0.481 e. The Balaban J connectivity index is 1.11. The molecule has 0 spiro atoms. The van der Waals surface area contributed by atoms with Crippen molar-refractivity contribution in [2.24, 2.45) is 5.92 Å². The zero-order valence-corrected chi connectivity index (χ0v) is 22.5. The summed E-state index contributed by atoms with van der Waals surface area (Å²) < 4.78 is 5.58. The number of pyridine rings is 1. The lowest BCUT2D eigenvalue weighted by Gasteiger charge is -2.31. The molecule has 1 aromatic carbocycles. The molecule has 4 aliphatic rings. The number of fused-ring (bicyclic) bond motifs is 1. The molecule has 1 saturated carbocycles. The third-order valence-corrected chi connectivity index (χ3v) is 8.89. The zero-order chi connectivity index (χ0) is 25.9. The summed E-state index contributed by atoms with van der Waals surface area (Å²) in [5.41, 5.74) is 6.37. The monoisotopic (exact) mass is 518 g/mol. The van der Waals surface area contributed by atoms with Gasteiger partial charge in [-0.15, -0.1) is 0 Å². The van der Waals surface area contributed by atoms with Crippen molar-refractivity contribution < 1.29 is 14.6 Å². The van der Waals surface area contributed by atoms with Crippen molar-refractivity contribution in [1.29, 1.82) is 0 Å². The number of nitrogens with zero attached hydrogens (tertiary/aromatic N) is 3. The molecule has 3 aliphatic heterocycles. The van der Waals surface area contributed by atoms with Crippen LogP contribution in [0.15, 0.2) is 30.3 Å². The molecule has 3 fully saturated rings. The molecule has 2 atom stereocenters. The van der Waals surface area contributed by atoms with E-state index in [4.69, 9.17) is 9.72 Å². The van der Waals surface area contributed by atoms with Gasteiger partial charge < -0.3 is 25.0 Å². The van der Waals surface area contributed by atoms with E-state index < -0.39 is 5.97 Å². The summed E-state index contributed by atoms with van der Waals surface area (Å²) in [6.07, 6.45) is 8.34. The Morgan fingerprint density at radius 3 is 2.82 bits per heavy atom. The summed E-state index contributed by atoms with van der Waals surface area (Å²) in [7, 11) is 0. The molecule has 2 aromatic rings. The van der Waals surface area contributed by atoms with Crippen molar-refractivity contribution in [3.05, 3.63) is 52.7 Å². The highest BCUT2D eigenvalue weighted by Crippen LogP contribution is 2.43. The van der Waals surface area contributed by atoms with Gasteiger partial charge in [-0.2, -0.15) is 0 Å². The molecule has 7 nitrogen and oxygen atoms in total. The minimum absolute atomic E-state index is 0.0122. The van der Waals surface area contributed by atoms with Crippen LogP contribution < -0.4 is 10.2 Å². The highest BCUT2D eigenvalue weighted by atomic mass is 16.5. The van der Waals surface area contributed by atoms with Gasteiger partial charge in [-0.25, -0.2) is 4.98 Å². The average Bonchev–Trinajstić information content (AvgIpc) is 3.71. The Hall–Kier alpha value is -2.64. The van der Waals surface area contributed by atoms with E-state index in [1.54, 1.807) is 0 Å². The normalized spacial score (nSPS) is 22.6. The van der Waals surface area contributed by atoms with E-state index in [0.29, 0.717) is 11.8 Å². The van der Waals surface area contributed by atoms with Crippen molar-refractivity contribution >= 4 is 17.5 Å². The van der Waals surface area contributed by atoms with Crippen LogP contribution in [0, 0.1) is 5.92 Å². The first-order chi connectivity index (χ1) is 18.6. The molecule has 1 aromatic heterocycles. The van der Waals surface area contributed by atoms with Crippen molar-refractivity contribution in [1.82, 2.24) is 9.88 Å². The van der Waals surface area contributed by atoms with Crippen molar-refractivity contribution in [3.63, 3.8) is 0 Å². The van der Waals surface area contributed by atoms with Crippen LogP contribution in [-0.2, 0) is 22.4 Å². The van der Waals surface area contributed by atoms with Gasteiger partial charge in [0.15, 0.2) is 0 Å². The second kappa shape index (κ2) is 11.6. The first-order valence-corrected chi connectivity index (χ1v) is 14.7. The molecule has 1 aliphatic carbocycles. The van der Waals surface area contributed by atoms with Gasteiger partial charge in [-0.3, -0.25) is 4.79 Å². The Morgan fingerprint density at radius 2 is 2.00 bits per heavy atom. The molecule has 1 unspecified atom stereocenters. The lowest BCUT2D eigenvalue weighted by molar-refractivity contribution is -0.137. The topological polar surface area (TPSA) is 77.9 Å². The van der Waals surface area contributed by atoms with Gasteiger partial charge in [0, 0.05) is 50.0 Å². The molecule has 0 amide bonds. The summed E-state index contributed by atoms with van der Waals surface area (Å²) >= 11 is 0. The summed E-state index contributed by atoms with van der Waals surface area (Å²) in [4.78, 5) is 21.8. The lowest BCUT2D eigenvalue weighted by Crippen LogP contribution is -2.36. The Morgan fingerprint density at radius 1 is 1.13 bits per heavy atom. The van der Waals surface area contributed by atoms with Crippen LogP contribution in [0.4, 0.5) is 11.5 Å². The molecule has 0 bridgehead atoms. The van der Waals surface area contributed by atoms with Gasteiger partial charge in [0.1, 0.15) is 5.82 Å².